The van der Waals surface area contributed by atoms with Gasteiger partial charge in [0.25, 0.3) is 0 Å². The van der Waals surface area contributed by atoms with Gasteiger partial charge in [-0.25, -0.2) is 9.97 Å². The van der Waals surface area contributed by atoms with Crippen molar-refractivity contribution in [1.82, 2.24) is 29.1 Å². The van der Waals surface area contributed by atoms with E-state index in [4.69, 9.17) is 19.9 Å². The zero-order valence-corrected chi connectivity index (χ0v) is 25.8. The maximum absolute atomic E-state index is 5.26. The molecule has 0 aliphatic heterocycles. The summed E-state index contributed by atoms with van der Waals surface area (Å²) in [5, 5.41) is 5.46. The number of hydrogen-bond acceptors (Lipinski definition) is 5. The summed E-state index contributed by atoms with van der Waals surface area (Å²) in [6.07, 6.45) is 0. The molecule has 0 aliphatic carbocycles. The smallest absolute Gasteiger partial charge is 0.238 e. The van der Waals surface area contributed by atoms with Crippen molar-refractivity contribution >= 4 is 65.2 Å². The van der Waals surface area contributed by atoms with Gasteiger partial charge >= 0.3 is 0 Å². The normalized spacial score (nSPS) is 11.8. The lowest BCUT2D eigenvalue weighted by molar-refractivity contribution is 0.954. The summed E-state index contributed by atoms with van der Waals surface area (Å²) in [7, 11) is 0. The van der Waals surface area contributed by atoms with E-state index in [1.807, 2.05) is 36.4 Å². The predicted octanol–water partition coefficient (Wildman–Crippen LogP) is 10.0. The molecule has 220 valence electrons. The van der Waals surface area contributed by atoms with E-state index in [-0.39, 0.29) is 0 Å². The fourth-order valence-corrected chi connectivity index (χ4v) is 7.80. The van der Waals surface area contributed by atoms with E-state index in [9.17, 15) is 0 Å². The summed E-state index contributed by atoms with van der Waals surface area (Å²) in [6.45, 7) is 0. The topological polar surface area (TPSA) is 61.4 Å². The van der Waals surface area contributed by atoms with Gasteiger partial charge in [0, 0.05) is 32.7 Å². The van der Waals surface area contributed by atoms with Crippen molar-refractivity contribution in [1.29, 1.82) is 0 Å². The van der Waals surface area contributed by atoms with Gasteiger partial charge in [-0.05, 0) is 36.4 Å². The Morgan fingerprint density at radius 2 is 1.02 bits per heavy atom. The number of thiazole rings is 1. The summed E-state index contributed by atoms with van der Waals surface area (Å²) in [6, 6.07) is 50.2. The Kier molecular flexibility index (Phi) is 5.64. The van der Waals surface area contributed by atoms with E-state index < -0.39 is 0 Å². The predicted molar refractivity (Wildman–Crippen MR) is 193 cm³/mol. The lowest BCUT2D eigenvalue weighted by Crippen LogP contribution is -2.06. The van der Waals surface area contributed by atoms with Crippen LogP contribution in [0.1, 0.15) is 0 Å². The second kappa shape index (κ2) is 10.2. The number of rotatable bonds is 4. The van der Waals surface area contributed by atoms with Gasteiger partial charge in [0.05, 0.1) is 32.3 Å². The Bertz CT molecular complexity index is 2720. The molecule has 0 fully saturated rings. The van der Waals surface area contributed by atoms with Crippen molar-refractivity contribution in [2.24, 2.45) is 0 Å². The van der Waals surface area contributed by atoms with Crippen molar-refractivity contribution in [3.8, 4) is 33.9 Å². The molecule has 0 aliphatic rings. The van der Waals surface area contributed by atoms with Crippen molar-refractivity contribution < 1.29 is 0 Å². The van der Waals surface area contributed by atoms with E-state index in [1.54, 1.807) is 11.3 Å². The van der Waals surface area contributed by atoms with E-state index >= 15 is 0 Å². The summed E-state index contributed by atoms with van der Waals surface area (Å²) < 4.78 is 5.59. The lowest BCUT2D eigenvalue weighted by Gasteiger charge is -2.11. The molecular formula is C40H24N6S. The molecule has 0 bridgehead atoms. The molecule has 0 amide bonds. The highest BCUT2D eigenvalue weighted by atomic mass is 32.1. The van der Waals surface area contributed by atoms with Gasteiger partial charge in [-0.3, -0.25) is 9.13 Å². The number of hydrogen-bond donors (Lipinski definition) is 0. The average molecular weight is 621 g/mol. The second-order valence-electron chi connectivity index (χ2n) is 11.5. The van der Waals surface area contributed by atoms with Crippen LogP contribution in [0.25, 0.3) is 87.7 Å². The molecule has 10 rings (SSSR count). The number of benzene rings is 6. The third-order valence-corrected chi connectivity index (χ3v) is 9.87. The summed E-state index contributed by atoms with van der Waals surface area (Å²) >= 11 is 1.70. The van der Waals surface area contributed by atoms with Crippen LogP contribution in [0, 0.1) is 0 Å². The highest BCUT2D eigenvalue weighted by molar-refractivity contribution is 7.20. The van der Waals surface area contributed by atoms with Gasteiger partial charge < -0.3 is 0 Å². The van der Waals surface area contributed by atoms with Crippen LogP contribution in [-0.2, 0) is 0 Å². The molecule has 0 N–H and O–H groups in total. The largest absolute Gasteiger partial charge is 0.285 e. The maximum atomic E-state index is 5.26. The molecule has 6 aromatic carbocycles. The van der Waals surface area contributed by atoms with Gasteiger partial charge in [0.1, 0.15) is 0 Å². The highest BCUT2D eigenvalue weighted by Crippen LogP contribution is 2.40. The van der Waals surface area contributed by atoms with E-state index in [1.165, 1.54) is 0 Å². The van der Waals surface area contributed by atoms with Crippen molar-refractivity contribution in [2.75, 3.05) is 0 Å². The first-order valence-electron chi connectivity index (χ1n) is 15.5. The SMILES string of the molecule is c1ccc(-c2nc(-c3cccc4c3c3ccccc3n4-c3nc4ccccc4s3)nc(-n3c4ccccc4c4ccccc43)n2)cc1. The molecule has 4 aromatic heterocycles. The van der Waals surface area contributed by atoms with Gasteiger partial charge in [-0.15, -0.1) is 0 Å². The van der Waals surface area contributed by atoms with Crippen LogP contribution in [0.4, 0.5) is 0 Å². The third kappa shape index (κ3) is 3.97. The lowest BCUT2D eigenvalue weighted by atomic mass is 10.1. The van der Waals surface area contributed by atoms with Crippen LogP contribution in [0.2, 0.25) is 0 Å². The third-order valence-electron chi connectivity index (χ3n) is 8.85. The Morgan fingerprint density at radius 3 is 1.77 bits per heavy atom. The number of para-hydroxylation sites is 4. The first kappa shape index (κ1) is 26.1. The molecule has 6 nitrogen and oxygen atoms in total. The minimum Gasteiger partial charge on any atom is -0.285 e. The standard InChI is InChI=1S/C40H24N6S/c1-2-13-25(14-3-1)37-42-38(44-39(43-37)45-31-20-8-4-15-26(31)27-16-5-9-21-32(27)45)29-18-12-23-34-36(29)28-17-6-10-22-33(28)46(34)40-41-30-19-7-11-24-35(30)47-40/h1-24H. The average Bonchev–Trinajstić information content (AvgIpc) is 3.82. The minimum absolute atomic E-state index is 0.582. The van der Waals surface area contributed by atoms with Crippen LogP contribution in [-0.4, -0.2) is 29.1 Å². The molecule has 0 radical (unpaired) electrons. The van der Waals surface area contributed by atoms with Crippen molar-refractivity contribution in [2.45, 2.75) is 0 Å². The minimum atomic E-state index is 0.582. The zero-order valence-electron chi connectivity index (χ0n) is 24.9. The van der Waals surface area contributed by atoms with Gasteiger partial charge in [-0.2, -0.15) is 9.97 Å². The molecule has 4 heterocycles. The Morgan fingerprint density at radius 1 is 0.426 bits per heavy atom. The molecule has 0 unspecified atom stereocenters. The molecule has 0 saturated carbocycles. The van der Waals surface area contributed by atoms with Gasteiger partial charge in [-0.1, -0.05) is 121 Å². The van der Waals surface area contributed by atoms with Crippen LogP contribution in [0.15, 0.2) is 146 Å². The summed E-state index contributed by atoms with van der Waals surface area (Å²) in [5.41, 5.74) is 7.13. The fraction of sp³-hybridized carbons (Fsp3) is 0. The van der Waals surface area contributed by atoms with Crippen molar-refractivity contribution in [3.63, 3.8) is 0 Å². The molecule has 47 heavy (non-hydrogen) atoms. The Hall–Kier alpha value is -6.18. The molecule has 0 saturated heterocycles. The second-order valence-corrected chi connectivity index (χ2v) is 12.5. The van der Waals surface area contributed by atoms with E-state index in [0.29, 0.717) is 17.6 Å². The van der Waals surface area contributed by atoms with Crippen LogP contribution >= 0.6 is 11.3 Å². The Balaban J connectivity index is 1.29. The van der Waals surface area contributed by atoms with Gasteiger partial charge in [0.2, 0.25) is 5.95 Å². The quantitative estimate of drug-likeness (QED) is 0.196. The van der Waals surface area contributed by atoms with E-state index in [0.717, 1.165) is 70.1 Å². The first-order valence-corrected chi connectivity index (χ1v) is 16.3. The monoisotopic (exact) mass is 620 g/mol. The van der Waals surface area contributed by atoms with Gasteiger partial charge in [0.15, 0.2) is 16.8 Å². The number of aromatic nitrogens is 6. The number of fused-ring (bicyclic) bond motifs is 7. The van der Waals surface area contributed by atoms with Crippen LogP contribution < -0.4 is 0 Å². The maximum Gasteiger partial charge on any atom is 0.238 e. The first-order chi connectivity index (χ1) is 23.3. The molecular weight excluding hydrogens is 597 g/mol. The summed E-state index contributed by atoms with van der Waals surface area (Å²) in [5.74, 6) is 1.83. The van der Waals surface area contributed by atoms with Crippen LogP contribution in [0.5, 0.6) is 0 Å². The van der Waals surface area contributed by atoms with E-state index in [2.05, 4.69) is 118 Å². The fourth-order valence-electron chi connectivity index (χ4n) is 6.81. The van der Waals surface area contributed by atoms with Crippen molar-refractivity contribution in [3.05, 3.63) is 146 Å². The highest BCUT2D eigenvalue weighted by Gasteiger charge is 2.22. The molecule has 0 atom stereocenters. The zero-order chi connectivity index (χ0) is 30.9. The molecule has 0 spiro atoms. The Labute approximate surface area is 272 Å². The molecule has 10 aromatic rings. The molecule has 7 heteroatoms. The number of nitrogens with zero attached hydrogens (tertiary/aromatic N) is 6. The van der Waals surface area contributed by atoms with Crippen LogP contribution in [0.3, 0.4) is 0 Å². The summed E-state index contributed by atoms with van der Waals surface area (Å²) in [4.78, 5) is 20.6.